The van der Waals surface area contributed by atoms with Crippen molar-refractivity contribution in [2.45, 2.75) is 20.0 Å². The molecule has 0 aliphatic rings. The van der Waals surface area contributed by atoms with Crippen LogP contribution >= 0.6 is 23.2 Å². The van der Waals surface area contributed by atoms with Gasteiger partial charge in [-0.05, 0) is 43.7 Å². The Morgan fingerprint density at radius 2 is 1.88 bits per heavy atom. The Morgan fingerprint density at radius 3 is 2.54 bits per heavy atom. The van der Waals surface area contributed by atoms with Gasteiger partial charge in [-0.2, -0.15) is 0 Å². The second-order valence-corrected chi connectivity index (χ2v) is 6.19. The summed E-state index contributed by atoms with van der Waals surface area (Å²) in [5, 5.41) is 13.9. The van der Waals surface area contributed by atoms with Crippen LogP contribution in [-0.2, 0) is 9.53 Å². The van der Waals surface area contributed by atoms with E-state index >= 15 is 0 Å². The van der Waals surface area contributed by atoms with E-state index in [1.807, 2.05) is 0 Å². The van der Waals surface area contributed by atoms with Gasteiger partial charge >= 0.3 is 5.97 Å². The SMILES string of the molecule is Cc1c(Cl)cccc1NC(=O)[C@H](C)OC(=O)c1ccc(Cl)c([N+](=O)[O-])c1. The fraction of sp³-hybridized carbons (Fsp3) is 0.176. The van der Waals surface area contributed by atoms with Gasteiger partial charge in [-0.15, -0.1) is 0 Å². The molecule has 0 aliphatic heterocycles. The van der Waals surface area contributed by atoms with Crippen molar-refractivity contribution in [3.05, 3.63) is 67.7 Å². The number of nitro groups is 1. The molecule has 0 aromatic heterocycles. The number of nitrogens with zero attached hydrogens (tertiary/aromatic N) is 1. The maximum Gasteiger partial charge on any atom is 0.339 e. The predicted octanol–water partition coefficient (Wildman–Crippen LogP) is 4.39. The van der Waals surface area contributed by atoms with Gasteiger partial charge in [-0.1, -0.05) is 29.3 Å². The van der Waals surface area contributed by atoms with Gasteiger partial charge in [0.25, 0.3) is 11.6 Å². The van der Waals surface area contributed by atoms with E-state index < -0.39 is 28.6 Å². The molecule has 0 unspecified atom stereocenters. The molecule has 7 nitrogen and oxygen atoms in total. The zero-order valence-corrected chi connectivity index (χ0v) is 15.3. The molecule has 136 valence electrons. The number of anilines is 1. The topological polar surface area (TPSA) is 98.5 Å². The number of benzene rings is 2. The van der Waals surface area contributed by atoms with Crippen LogP contribution in [0.2, 0.25) is 10.0 Å². The predicted molar refractivity (Wildman–Crippen MR) is 97.8 cm³/mol. The number of rotatable bonds is 5. The van der Waals surface area contributed by atoms with Gasteiger partial charge in [0.15, 0.2) is 6.10 Å². The molecule has 2 aromatic carbocycles. The van der Waals surface area contributed by atoms with Crippen molar-refractivity contribution in [1.82, 2.24) is 0 Å². The molecule has 0 saturated heterocycles. The first-order valence-electron chi connectivity index (χ1n) is 7.41. The first kappa shape index (κ1) is 19.7. The second kappa shape index (κ2) is 8.16. The summed E-state index contributed by atoms with van der Waals surface area (Å²) in [6, 6.07) is 8.52. The molecule has 2 rings (SSSR count). The number of amides is 1. The van der Waals surface area contributed by atoms with Crippen molar-refractivity contribution in [3.63, 3.8) is 0 Å². The average Bonchev–Trinajstić information content (AvgIpc) is 2.58. The average molecular weight is 397 g/mol. The highest BCUT2D eigenvalue weighted by Crippen LogP contribution is 2.26. The first-order chi connectivity index (χ1) is 12.2. The summed E-state index contributed by atoms with van der Waals surface area (Å²) < 4.78 is 5.07. The molecule has 0 fully saturated rings. The van der Waals surface area contributed by atoms with Crippen molar-refractivity contribution in [2.24, 2.45) is 0 Å². The number of ether oxygens (including phenoxy) is 1. The highest BCUT2D eigenvalue weighted by Gasteiger charge is 2.22. The van der Waals surface area contributed by atoms with Gasteiger partial charge in [0, 0.05) is 16.8 Å². The molecule has 1 amide bonds. The second-order valence-electron chi connectivity index (χ2n) is 5.37. The van der Waals surface area contributed by atoms with Gasteiger partial charge in [0.2, 0.25) is 0 Å². The van der Waals surface area contributed by atoms with Crippen LogP contribution in [0.1, 0.15) is 22.8 Å². The third-order valence-corrected chi connectivity index (χ3v) is 4.29. The lowest BCUT2D eigenvalue weighted by Gasteiger charge is -2.15. The molecule has 0 spiro atoms. The zero-order valence-electron chi connectivity index (χ0n) is 13.8. The minimum atomic E-state index is -1.13. The summed E-state index contributed by atoms with van der Waals surface area (Å²) in [5.41, 5.74) is 0.661. The third kappa shape index (κ3) is 4.50. The first-order valence-corrected chi connectivity index (χ1v) is 8.17. The molecule has 0 saturated carbocycles. The summed E-state index contributed by atoms with van der Waals surface area (Å²) in [7, 11) is 0. The van der Waals surface area contributed by atoms with E-state index in [-0.39, 0.29) is 10.6 Å². The van der Waals surface area contributed by atoms with Crippen molar-refractivity contribution in [1.29, 1.82) is 0 Å². The molecule has 0 bridgehead atoms. The number of hydrogen-bond acceptors (Lipinski definition) is 5. The van der Waals surface area contributed by atoms with Crippen molar-refractivity contribution in [2.75, 3.05) is 5.32 Å². The maximum atomic E-state index is 12.2. The fourth-order valence-corrected chi connectivity index (χ4v) is 2.40. The third-order valence-electron chi connectivity index (χ3n) is 3.56. The smallest absolute Gasteiger partial charge is 0.339 e. The highest BCUT2D eigenvalue weighted by atomic mass is 35.5. The van der Waals surface area contributed by atoms with E-state index in [0.717, 1.165) is 6.07 Å². The summed E-state index contributed by atoms with van der Waals surface area (Å²) in [6.07, 6.45) is -1.13. The number of esters is 1. The highest BCUT2D eigenvalue weighted by molar-refractivity contribution is 6.32. The number of nitro benzene ring substituents is 1. The van der Waals surface area contributed by atoms with Crippen molar-refractivity contribution < 1.29 is 19.2 Å². The molecule has 0 aliphatic carbocycles. The van der Waals surface area contributed by atoms with Gasteiger partial charge in [-0.25, -0.2) is 4.79 Å². The number of carbonyl (C=O) groups is 2. The Morgan fingerprint density at radius 1 is 1.19 bits per heavy atom. The van der Waals surface area contributed by atoms with Crippen LogP contribution in [0.15, 0.2) is 36.4 Å². The Kier molecular flexibility index (Phi) is 6.18. The van der Waals surface area contributed by atoms with Crippen LogP contribution < -0.4 is 5.32 Å². The molecule has 1 atom stereocenters. The van der Waals surface area contributed by atoms with Gasteiger partial charge in [0.05, 0.1) is 10.5 Å². The summed E-state index contributed by atoms with van der Waals surface area (Å²) in [5.74, 6) is -1.44. The molecule has 26 heavy (non-hydrogen) atoms. The molecular weight excluding hydrogens is 383 g/mol. The standard InChI is InChI=1S/C17H14Cl2N2O5/c1-9-12(18)4-3-5-14(9)20-16(22)10(2)26-17(23)11-6-7-13(19)15(8-11)21(24)25/h3-8,10H,1-2H3,(H,20,22)/t10-/m0/s1. The molecular formula is C17H14Cl2N2O5. The van der Waals surface area contributed by atoms with Crippen LogP contribution in [0.4, 0.5) is 11.4 Å². The summed E-state index contributed by atoms with van der Waals surface area (Å²) in [6.45, 7) is 3.12. The number of carbonyl (C=O) groups excluding carboxylic acids is 2. The Balaban J connectivity index is 2.09. The van der Waals surface area contributed by atoms with E-state index in [9.17, 15) is 19.7 Å². The largest absolute Gasteiger partial charge is 0.449 e. The molecule has 9 heteroatoms. The summed E-state index contributed by atoms with van der Waals surface area (Å²) >= 11 is 11.7. The van der Waals surface area contributed by atoms with Gasteiger partial charge in [-0.3, -0.25) is 14.9 Å². The molecule has 0 radical (unpaired) electrons. The van der Waals surface area contributed by atoms with Gasteiger partial charge < -0.3 is 10.1 Å². The Hall–Kier alpha value is -2.64. The quantitative estimate of drug-likeness (QED) is 0.458. The lowest BCUT2D eigenvalue weighted by Crippen LogP contribution is -2.30. The number of halogens is 2. The zero-order chi connectivity index (χ0) is 19.4. The minimum absolute atomic E-state index is 0.0836. The van der Waals surface area contributed by atoms with E-state index in [1.165, 1.54) is 19.1 Å². The van der Waals surface area contributed by atoms with E-state index in [4.69, 9.17) is 27.9 Å². The van der Waals surface area contributed by atoms with E-state index in [1.54, 1.807) is 25.1 Å². The van der Waals surface area contributed by atoms with Crippen LogP contribution in [0.3, 0.4) is 0 Å². The maximum absolute atomic E-state index is 12.2. The van der Waals surface area contributed by atoms with Gasteiger partial charge in [0.1, 0.15) is 5.02 Å². The van der Waals surface area contributed by atoms with Crippen LogP contribution in [0.5, 0.6) is 0 Å². The minimum Gasteiger partial charge on any atom is -0.449 e. The van der Waals surface area contributed by atoms with Crippen LogP contribution in [0.25, 0.3) is 0 Å². The molecule has 2 aromatic rings. The lowest BCUT2D eigenvalue weighted by atomic mass is 10.2. The van der Waals surface area contributed by atoms with Crippen LogP contribution in [0, 0.1) is 17.0 Å². The fourth-order valence-electron chi connectivity index (χ4n) is 2.04. The molecule has 0 heterocycles. The normalized spacial score (nSPS) is 11.5. The monoisotopic (exact) mass is 396 g/mol. The Labute approximate surface area is 159 Å². The van der Waals surface area contributed by atoms with E-state index in [0.29, 0.717) is 16.3 Å². The van der Waals surface area contributed by atoms with E-state index in [2.05, 4.69) is 5.32 Å². The van der Waals surface area contributed by atoms with Crippen molar-refractivity contribution >= 4 is 46.5 Å². The van der Waals surface area contributed by atoms with Crippen LogP contribution in [-0.4, -0.2) is 22.9 Å². The lowest BCUT2D eigenvalue weighted by molar-refractivity contribution is -0.384. The number of hydrogen-bond donors (Lipinski definition) is 1. The Bertz CT molecular complexity index is 885. The summed E-state index contributed by atoms with van der Waals surface area (Å²) in [4.78, 5) is 34.5. The van der Waals surface area contributed by atoms with Crippen molar-refractivity contribution in [3.8, 4) is 0 Å². The number of nitrogens with one attached hydrogen (secondary N) is 1. The molecule has 1 N–H and O–H groups in total.